The van der Waals surface area contributed by atoms with Gasteiger partial charge >= 0.3 is 0 Å². The summed E-state index contributed by atoms with van der Waals surface area (Å²) in [6, 6.07) is 15.0. The Labute approximate surface area is 187 Å². The molecule has 2 aromatic carbocycles. The van der Waals surface area contributed by atoms with E-state index < -0.39 is 16.5 Å². The predicted molar refractivity (Wildman–Crippen MR) is 124 cm³/mol. The van der Waals surface area contributed by atoms with Crippen LogP contribution >= 0.6 is 23.1 Å². The first-order valence-electron chi connectivity index (χ1n) is 9.83. The molecule has 1 aromatic heterocycles. The molecule has 0 radical (unpaired) electrons. The van der Waals surface area contributed by atoms with Crippen LogP contribution in [-0.4, -0.2) is 17.9 Å². The van der Waals surface area contributed by atoms with Gasteiger partial charge in [0.25, 0.3) is 0 Å². The standard InChI is InChI=1S/C23H21F2N3OS2/c1-15-12-20(21(14-29)30-15)28-23(10-5-11-26,16-6-3-2-4-7-16)31-22(27-28)18-13-17(24)8-9-19(18)25/h2-4,6-9,12-14H,5,10-11,26H2,1H3. The Kier molecular flexibility index (Phi) is 6.22. The Hall–Kier alpha value is -2.55. The van der Waals surface area contributed by atoms with Gasteiger partial charge in [0.2, 0.25) is 0 Å². The molecular weight excluding hydrogens is 436 g/mol. The number of rotatable bonds is 7. The summed E-state index contributed by atoms with van der Waals surface area (Å²) in [7, 11) is 0. The number of aldehydes is 1. The molecule has 0 aliphatic carbocycles. The van der Waals surface area contributed by atoms with E-state index in [1.807, 2.05) is 43.3 Å². The molecule has 1 unspecified atom stereocenters. The molecule has 1 atom stereocenters. The maximum atomic E-state index is 14.7. The first-order chi connectivity index (χ1) is 15.0. The maximum absolute atomic E-state index is 14.7. The Morgan fingerprint density at radius 1 is 1.16 bits per heavy atom. The van der Waals surface area contributed by atoms with Crippen molar-refractivity contribution in [3.8, 4) is 0 Å². The lowest BCUT2D eigenvalue weighted by Gasteiger charge is -2.37. The van der Waals surface area contributed by atoms with Gasteiger partial charge in [-0.15, -0.1) is 11.3 Å². The van der Waals surface area contributed by atoms with Gasteiger partial charge in [-0.2, -0.15) is 5.10 Å². The molecule has 8 heteroatoms. The van der Waals surface area contributed by atoms with Crippen molar-refractivity contribution in [2.75, 3.05) is 11.6 Å². The molecule has 0 spiro atoms. The minimum atomic E-state index is -0.750. The first kappa shape index (κ1) is 21.7. The fraction of sp³-hybridized carbons (Fsp3) is 0.217. The van der Waals surface area contributed by atoms with Crippen LogP contribution in [0.25, 0.3) is 0 Å². The van der Waals surface area contributed by atoms with E-state index in [2.05, 4.69) is 0 Å². The highest BCUT2D eigenvalue weighted by atomic mass is 32.2. The number of hydrogen-bond donors (Lipinski definition) is 1. The SMILES string of the molecule is Cc1cc(N2N=C(c3cc(F)ccc3F)SC2(CCCN)c2ccccc2)c(C=O)s1. The Bertz CT molecular complexity index is 1130. The third-order valence-electron chi connectivity index (χ3n) is 5.10. The first-order valence-corrected chi connectivity index (χ1v) is 11.5. The zero-order valence-electron chi connectivity index (χ0n) is 16.8. The molecule has 0 saturated heterocycles. The summed E-state index contributed by atoms with van der Waals surface area (Å²) in [5.41, 5.74) is 7.55. The monoisotopic (exact) mass is 457 g/mol. The second-order valence-corrected chi connectivity index (χ2v) is 9.76. The number of thioether (sulfide) groups is 1. The average Bonchev–Trinajstić information content (AvgIpc) is 3.35. The summed E-state index contributed by atoms with van der Waals surface area (Å²) in [6.45, 7) is 2.39. The smallest absolute Gasteiger partial charge is 0.162 e. The molecule has 1 aliphatic rings. The number of nitrogens with zero attached hydrogens (tertiary/aromatic N) is 2. The van der Waals surface area contributed by atoms with Crippen LogP contribution in [0.1, 0.15) is 38.5 Å². The van der Waals surface area contributed by atoms with Gasteiger partial charge in [-0.1, -0.05) is 42.1 Å². The van der Waals surface area contributed by atoms with Crippen molar-refractivity contribution in [1.82, 2.24) is 0 Å². The highest BCUT2D eigenvalue weighted by Crippen LogP contribution is 2.53. The van der Waals surface area contributed by atoms with Crippen molar-refractivity contribution >= 4 is 40.1 Å². The molecule has 0 saturated carbocycles. The largest absolute Gasteiger partial charge is 0.330 e. The van der Waals surface area contributed by atoms with Crippen molar-refractivity contribution in [3.63, 3.8) is 0 Å². The Morgan fingerprint density at radius 2 is 1.94 bits per heavy atom. The lowest BCUT2D eigenvalue weighted by molar-refractivity contribution is 0.112. The summed E-state index contributed by atoms with van der Waals surface area (Å²) in [5.74, 6) is -1.09. The number of halogens is 2. The van der Waals surface area contributed by atoms with Crippen LogP contribution in [0.4, 0.5) is 14.5 Å². The van der Waals surface area contributed by atoms with Crippen molar-refractivity contribution < 1.29 is 13.6 Å². The molecule has 0 amide bonds. The minimum absolute atomic E-state index is 0.0974. The molecule has 4 rings (SSSR count). The van der Waals surface area contributed by atoms with Gasteiger partial charge in [-0.3, -0.25) is 4.79 Å². The highest BCUT2D eigenvalue weighted by molar-refractivity contribution is 8.15. The van der Waals surface area contributed by atoms with Gasteiger partial charge in [0, 0.05) is 10.4 Å². The van der Waals surface area contributed by atoms with E-state index in [1.165, 1.54) is 23.1 Å². The number of hydrazone groups is 1. The van der Waals surface area contributed by atoms with Crippen molar-refractivity contribution in [2.45, 2.75) is 24.6 Å². The molecular formula is C23H21F2N3OS2. The van der Waals surface area contributed by atoms with E-state index in [-0.39, 0.29) is 5.56 Å². The summed E-state index contributed by atoms with van der Waals surface area (Å²) in [4.78, 5) is 12.6. The molecule has 160 valence electrons. The number of hydrogen-bond acceptors (Lipinski definition) is 6. The van der Waals surface area contributed by atoms with Crippen molar-refractivity contribution in [3.05, 3.63) is 87.1 Å². The summed E-state index contributed by atoms with van der Waals surface area (Å²) in [6.07, 6.45) is 2.11. The second kappa shape index (κ2) is 8.90. The lowest BCUT2D eigenvalue weighted by Crippen LogP contribution is -2.38. The van der Waals surface area contributed by atoms with Crippen LogP contribution in [0.3, 0.4) is 0 Å². The zero-order chi connectivity index (χ0) is 22.0. The highest BCUT2D eigenvalue weighted by Gasteiger charge is 2.47. The number of nitrogens with two attached hydrogens (primary N) is 1. The zero-order valence-corrected chi connectivity index (χ0v) is 18.5. The van der Waals surface area contributed by atoms with E-state index in [9.17, 15) is 13.6 Å². The van der Waals surface area contributed by atoms with Crippen LogP contribution < -0.4 is 10.7 Å². The van der Waals surface area contributed by atoms with Gasteiger partial charge in [-0.05, 0) is 56.1 Å². The average molecular weight is 458 g/mol. The normalized spacial score (nSPS) is 18.3. The van der Waals surface area contributed by atoms with E-state index in [0.717, 1.165) is 34.9 Å². The van der Waals surface area contributed by atoms with Gasteiger partial charge in [-0.25, -0.2) is 13.8 Å². The maximum Gasteiger partial charge on any atom is 0.162 e. The number of benzene rings is 2. The van der Waals surface area contributed by atoms with Gasteiger partial charge in [0.15, 0.2) is 6.29 Å². The van der Waals surface area contributed by atoms with Crippen LogP contribution in [0.5, 0.6) is 0 Å². The van der Waals surface area contributed by atoms with Crippen LogP contribution in [0.15, 0.2) is 59.7 Å². The summed E-state index contributed by atoms with van der Waals surface area (Å²) in [5, 5.41) is 6.90. The van der Waals surface area contributed by atoms with Gasteiger partial charge in [0.1, 0.15) is 21.5 Å². The van der Waals surface area contributed by atoms with Crippen LogP contribution in [0, 0.1) is 18.6 Å². The minimum Gasteiger partial charge on any atom is -0.330 e. The van der Waals surface area contributed by atoms with E-state index in [1.54, 1.807) is 5.01 Å². The second-order valence-electron chi connectivity index (χ2n) is 7.21. The lowest BCUT2D eigenvalue weighted by atomic mass is 9.99. The fourth-order valence-corrected chi connectivity index (χ4v) is 5.96. The molecule has 0 fully saturated rings. The van der Waals surface area contributed by atoms with E-state index in [0.29, 0.717) is 35.0 Å². The van der Waals surface area contributed by atoms with E-state index >= 15 is 0 Å². The molecule has 0 bridgehead atoms. The molecule has 31 heavy (non-hydrogen) atoms. The van der Waals surface area contributed by atoms with Crippen LogP contribution in [-0.2, 0) is 4.87 Å². The quantitative estimate of drug-likeness (QED) is 0.466. The topological polar surface area (TPSA) is 58.7 Å². The predicted octanol–water partition coefficient (Wildman–Crippen LogP) is 5.65. The molecule has 4 nitrogen and oxygen atoms in total. The van der Waals surface area contributed by atoms with Gasteiger partial charge < -0.3 is 5.73 Å². The third kappa shape index (κ3) is 4.03. The molecule has 3 aromatic rings. The Balaban J connectivity index is 1.94. The number of anilines is 1. The molecule has 1 aliphatic heterocycles. The number of carbonyl (C=O) groups excluding carboxylic acids is 1. The number of aryl methyl sites for hydroxylation is 1. The van der Waals surface area contributed by atoms with Crippen molar-refractivity contribution in [1.29, 1.82) is 0 Å². The summed E-state index contributed by atoms with van der Waals surface area (Å²) >= 11 is 2.74. The molecule has 2 heterocycles. The molecule has 2 N–H and O–H groups in total. The third-order valence-corrected chi connectivity index (χ3v) is 7.51. The summed E-state index contributed by atoms with van der Waals surface area (Å²) < 4.78 is 28.6. The number of thiophene rings is 1. The van der Waals surface area contributed by atoms with Crippen molar-refractivity contribution in [2.24, 2.45) is 10.8 Å². The fourth-order valence-electron chi connectivity index (χ4n) is 3.71. The van der Waals surface area contributed by atoms with Crippen LogP contribution in [0.2, 0.25) is 0 Å². The van der Waals surface area contributed by atoms with E-state index in [4.69, 9.17) is 10.8 Å². The van der Waals surface area contributed by atoms with Gasteiger partial charge in [0.05, 0.1) is 10.6 Å². The number of carbonyl (C=O) groups is 1. The Morgan fingerprint density at radius 3 is 2.65 bits per heavy atom.